The van der Waals surface area contributed by atoms with Crippen LogP contribution in [-0.4, -0.2) is 24.7 Å². The lowest BCUT2D eigenvalue weighted by Crippen LogP contribution is -2.38. The molecule has 3 aromatic rings. The van der Waals surface area contributed by atoms with Gasteiger partial charge in [-0.15, -0.1) is 0 Å². The SMILES string of the molecule is COc1ccc(C)cc1C(C)NC(=O)NCCc1c(C)[nH]c2ccccc12. The highest BCUT2D eigenvalue weighted by Crippen LogP contribution is 2.26. The van der Waals surface area contributed by atoms with Crippen LogP contribution < -0.4 is 15.4 Å². The third kappa shape index (κ3) is 4.25. The minimum Gasteiger partial charge on any atom is -0.496 e. The van der Waals surface area contributed by atoms with Gasteiger partial charge in [-0.25, -0.2) is 4.79 Å². The Morgan fingerprint density at radius 1 is 1.19 bits per heavy atom. The summed E-state index contributed by atoms with van der Waals surface area (Å²) in [4.78, 5) is 15.7. The first-order valence-electron chi connectivity index (χ1n) is 9.24. The number of ether oxygens (including phenoxy) is 1. The normalized spacial score (nSPS) is 12.0. The minimum absolute atomic E-state index is 0.144. The van der Waals surface area contributed by atoms with Crippen molar-refractivity contribution in [3.8, 4) is 5.75 Å². The van der Waals surface area contributed by atoms with Crippen LogP contribution in [0.4, 0.5) is 4.79 Å². The Morgan fingerprint density at radius 2 is 1.96 bits per heavy atom. The largest absolute Gasteiger partial charge is 0.496 e. The Bertz CT molecular complexity index is 946. The van der Waals surface area contributed by atoms with Crippen molar-refractivity contribution in [2.45, 2.75) is 33.2 Å². The molecule has 0 fully saturated rings. The van der Waals surface area contributed by atoms with Gasteiger partial charge in [0.2, 0.25) is 0 Å². The lowest BCUT2D eigenvalue weighted by atomic mass is 10.0. The van der Waals surface area contributed by atoms with Gasteiger partial charge in [0.1, 0.15) is 5.75 Å². The van der Waals surface area contributed by atoms with Crippen LogP contribution in [0.1, 0.15) is 35.3 Å². The second-order valence-electron chi connectivity index (χ2n) is 6.89. The van der Waals surface area contributed by atoms with Crippen molar-refractivity contribution in [3.05, 3.63) is 64.8 Å². The maximum absolute atomic E-state index is 12.3. The van der Waals surface area contributed by atoms with Gasteiger partial charge in [-0.1, -0.05) is 35.9 Å². The van der Waals surface area contributed by atoms with Crippen LogP contribution in [-0.2, 0) is 6.42 Å². The van der Waals surface area contributed by atoms with Crippen molar-refractivity contribution in [1.82, 2.24) is 15.6 Å². The number of para-hydroxylation sites is 1. The Kier molecular flexibility index (Phi) is 5.69. The predicted octanol–water partition coefficient (Wildman–Crippen LogP) is 4.40. The number of hydrogen-bond donors (Lipinski definition) is 3. The zero-order valence-corrected chi connectivity index (χ0v) is 16.3. The number of carbonyl (C=O) groups excluding carboxylic acids is 1. The minimum atomic E-state index is -0.177. The fourth-order valence-electron chi connectivity index (χ4n) is 3.48. The maximum Gasteiger partial charge on any atom is 0.315 e. The molecule has 0 aliphatic rings. The first-order chi connectivity index (χ1) is 13.0. The first kappa shape index (κ1) is 18.8. The average Bonchev–Trinajstić information content (AvgIpc) is 2.97. The van der Waals surface area contributed by atoms with Gasteiger partial charge in [0.25, 0.3) is 0 Å². The Labute approximate surface area is 160 Å². The Balaban J connectivity index is 1.58. The van der Waals surface area contributed by atoms with Gasteiger partial charge < -0.3 is 20.4 Å². The highest BCUT2D eigenvalue weighted by molar-refractivity contribution is 5.84. The standard InChI is InChI=1S/C22H27N3O2/c1-14-9-10-21(27-4)19(13-14)16(3)25-22(26)23-12-11-17-15(2)24-20-8-6-5-7-18(17)20/h5-10,13,16,24H,11-12H2,1-4H3,(H2,23,25,26). The molecule has 1 unspecified atom stereocenters. The lowest BCUT2D eigenvalue weighted by molar-refractivity contribution is 0.238. The van der Waals surface area contributed by atoms with Crippen molar-refractivity contribution in [2.75, 3.05) is 13.7 Å². The zero-order valence-electron chi connectivity index (χ0n) is 16.3. The topological polar surface area (TPSA) is 66.2 Å². The first-order valence-corrected chi connectivity index (χ1v) is 9.24. The number of aromatic nitrogens is 1. The molecular weight excluding hydrogens is 338 g/mol. The monoisotopic (exact) mass is 365 g/mol. The molecule has 0 aliphatic heterocycles. The molecule has 0 saturated carbocycles. The number of rotatable bonds is 6. The molecule has 5 heteroatoms. The van der Waals surface area contributed by atoms with Gasteiger partial charge in [0.15, 0.2) is 0 Å². The fraction of sp³-hybridized carbons (Fsp3) is 0.318. The molecule has 27 heavy (non-hydrogen) atoms. The van der Waals surface area contributed by atoms with Crippen molar-refractivity contribution < 1.29 is 9.53 Å². The molecule has 142 valence electrons. The summed E-state index contributed by atoms with van der Waals surface area (Å²) in [6.07, 6.45) is 0.783. The van der Waals surface area contributed by atoms with Crippen LogP contribution in [0, 0.1) is 13.8 Å². The molecule has 1 heterocycles. The molecule has 1 aromatic heterocycles. The molecule has 3 N–H and O–H groups in total. The van der Waals surface area contributed by atoms with E-state index in [0.717, 1.165) is 34.5 Å². The van der Waals surface area contributed by atoms with Crippen molar-refractivity contribution >= 4 is 16.9 Å². The Morgan fingerprint density at radius 3 is 2.74 bits per heavy atom. The molecule has 2 amide bonds. The number of H-pyrrole nitrogens is 1. The Hall–Kier alpha value is -2.95. The average molecular weight is 365 g/mol. The van der Waals surface area contributed by atoms with E-state index in [4.69, 9.17) is 4.74 Å². The number of amides is 2. The van der Waals surface area contributed by atoms with Crippen molar-refractivity contribution in [1.29, 1.82) is 0 Å². The summed E-state index contributed by atoms with van der Waals surface area (Å²) in [6.45, 7) is 6.63. The third-order valence-corrected chi connectivity index (χ3v) is 4.89. The summed E-state index contributed by atoms with van der Waals surface area (Å²) in [5, 5.41) is 7.17. The van der Waals surface area contributed by atoms with Gasteiger partial charge in [-0.05, 0) is 44.9 Å². The molecule has 0 saturated heterocycles. The summed E-state index contributed by atoms with van der Waals surface area (Å²) in [6, 6.07) is 13.9. The number of benzene rings is 2. The van der Waals surface area contributed by atoms with E-state index in [-0.39, 0.29) is 12.1 Å². The highest BCUT2D eigenvalue weighted by atomic mass is 16.5. The van der Waals surface area contributed by atoms with Crippen LogP contribution in [0.3, 0.4) is 0 Å². The molecule has 0 bridgehead atoms. The number of fused-ring (bicyclic) bond motifs is 1. The number of aryl methyl sites for hydroxylation is 2. The summed E-state index contributed by atoms with van der Waals surface area (Å²) < 4.78 is 5.41. The summed E-state index contributed by atoms with van der Waals surface area (Å²) in [5.41, 5.74) is 5.64. The number of urea groups is 1. The molecule has 2 aromatic carbocycles. The highest BCUT2D eigenvalue weighted by Gasteiger charge is 2.14. The van der Waals surface area contributed by atoms with E-state index in [1.54, 1.807) is 7.11 Å². The number of aromatic amines is 1. The molecule has 1 atom stereocenters. The summed E-state index contributed by atoms with van der Waals surface area (Å²) >= 11 is 0. The predicted molar refractivity (Wildman–Crippen MR) is 109 cm³/mol. The van der Waals surface area contributed by atoms with E-state index in [0.29, 0.717) is 6.54 Å². The van der Waals surface area contributed by atoms with Gasteiger partial charge in [0, 0.05) is 28.7 Å². The van der Waals surface area contributed by atoms with E-state index in [1.165, 1.54) is 10.9 Å². The van der Waals surface area contributed by atoms with Crippen LogP contribution in [0.2, 0.25) is 0 Å². The van der Waals surface area contributed by atoms with Crippen LogP contribution in [0.5, 0.6) is 5.75 Å². The van der Waals surface area contributed by atoms with Crippen LogP contribution in [0.25, 0.3) is 10.9 Å². The fourth-order valence-corrected chi connectivity index (χ4v) is 3.48. The zero-order chi connectivity index (χ0) is 19.4. The van der Waals surface area contributed by atoms with Gasteiger partial charge in [-0.3, -0.25) is 0 Å². The van der Waals surface area contributed by atoms with E-state index in [2.05, 4.69) is 34.7 Å². The number of methoxy groups -OCH3 is 1. The maximum atomic E-state index is 12.3. The molecular formula is C22H27N3O2. The van der Waals surface area contributed by atoms with E-state index < -0.39 is 0 Å². The second-order valence-corrected chi connectivity index (χ2v) is 6.89. The number of nitrogens with one attached hydrogen (secondary N) is 3. The van der Waals surface area contributed by atoms with E-state index >= 15 is 0 Å². The van der Waals surface area contributed by atoms with Crippen molar-refractivity contribution in [2.24, 2.45) is 0 Å². The lowest BCUT2D eigenvalue weighted by Gasteiger charge is -2.18. The molecule has 3 rings (SSSR count). The number of carbonyl (C=O) groups is 1. The second kappa shape index (κ2) is 8.16. The number of hydrogen-bond acceptors (Lipinski definition) is 2. The van der Waals surface area contributed by atoms with Gasteiger partial charge in [-0.2, -0.15) is 0 Å². The van der Waals surface area contributed by atoms with E-state index in [9.17, 15) is 4.79 Å². The van der Waals surface area contributed by atoms with E-state index in [1.807, 2.05) is 44.2 Å². The molecule has 0 aliphatic carbocycles. The van der Waals surface area contributed by atoms with Gasteiger partial charge >= 0.3 is 6.03 Å². The summed E-state index contributed by atoms with van der Waals surface area (Å²) in [7, 11) is 1.64. The van der Waals surface area contributed by atoms with Crippen LogP contribution in [0.15, 0.2) is 42.5 Å². The van der Waals surface area contributed by atoms with Crippen LogP contribution >= 0.6 is 0 Å². The van der Waals surface area contributed by atoms with Gasteiger partial charge in [0.05, 0.1) is 13.2 Å². The third-order valence-electron chi connectivity index (χ3n) is 4.89. The summed E-state index contributed by atoms with van der Waals surface area (Å²) in [5.74, 6) is 0.780. The molecule has 0 radical (unpaired) electrons. The molecule has 5 nitrogen and oxygen atoms in total. The molecule has 0 spiro atoms. The quantitative estimate of drug-likeness (QED) is 0.606. The van der Waals surface area contributed by atoms with Crippen molar-refractivity contribution in [3.63, 3.8) is 0 Å². The smallest absolute Gasteiger partial charge is 0.315 e.